The maximum Gasteiger partial charge on any atom is 0.0985 e. The number of ether oxygens (including phenoxy) is 1. The van der Waals surface area contributed by atoms with Gasteiger partial charge < -0.3 is 15.2 Å². The van der Waals surface area contributed by atoms with Gasteiger partial charge in [0, 0.05) is 48.9 Å². The minimum Gasteiger partial charge on any atom is -0.388 e. The lowest BCUT2D eigenvalue weighted by Crippen LogP contribution is -2.45. The average Bonchev–Trinajstić information content (AvgIpc) is 2.79. The van der Waals surface area contributed by atoms with Crippen molar-refractivity contribution in [3.05, 3.63) is 15.6 Å². The van der Waals surface area contributed by atoms with Gasteiger partial charge in [0.1, 0.15) is 0 Å². The Hall–Kier alpha value is -0.490. The SMILES string of the molecule is Cc1nc(C(C)(C)C)sc1C(C)NCC1(O)CCOCC1. The molecule has 4 nitrogen and oxygen atoms in total. The fourth-order valence-electron chi connectivity index (χ4n) is 2.49. The van der Waals surface area contributed by atoms with Crippen LogP contribution >= 0.6 is 11.3 Å². The quantitative estimate of drug-likeness (QED) is 0.897. The molecule has 0 spiro atoms. The van der Waals surface area contributed by atoms with Crippen LogP contribution in [0.15, 0.2) is 0 Å². The number of aryl methyl sites for hydroxylation is 1. The van der Waals surface area contributed by atoms with Crippen LogP contribution in [-0.2, 0) is 10.2 Å². The summed E-state index contributed by atoms with van der Waals surface area (Å²) in [5.74, 6) is 0. The van der Waals surface area contributed by atoms with Gasteiger partial charge in [0.15, 0.2) is 0 Å². The molecular weight excluding hydrogens is 284 g/mol. The normalized spacial score (nSPS) is 20.5. The van der Waals surface area contributed by atoms with E-state index in [1.54, 1.807) is 11.3 Å². The number of hydrogen-bond acceptors (Lipinski definition) is 5. The minimum absolute atomic E-state index is 0.0896. The summed E-state index contributed by atoms with van der Waals surface area (Å²) < 4.78 is 5.32. The van der Waals surface area contributed by atoms with Gasteiger partial charge in [-0.2, -0.15) is 0 Å². The minimum atomic E-state index is -0.627. The molecule has 0 bridgehead atoms. The lowest BCUT2D eigenvalue weighted by molar-refractivity contribution is -0.0625. The summed E-state index contributed by atoms with van der Waals surface area (Å²) in [6.07, 6.45) is 1.42. The van der Waals surface area contributed by atoms with E-state index < -0.39 is 5.60 Å². The largest absolute Gasteiger partial charge is 0.388 e. The van der Waals surface area contributed by atoms with E-state index in [9.17, 15) is 5.11 Å². The topological polar surface area (TPSA) is 54.4 Å². The zero-order valence-corrected chi connectivity index (χ0v) is 14.6. The third-order valence-corrected chi connectivity index (χ3v) is 5.79. The number of nitrogens with zero attached hydrogens (tertiary/aromatic N) is 1. The van der Waals surface area contributed by atoms with Crippen LogP contribution in [0.4, 0.5) is 0 Å². The van der Waals surface area contributed by atoms with Gasteiger partial charge in [-0.3, -0.25) is 0 Å². The van der Waals surface area contributed by atoms with Crippen LogP contribution in [-0.4, -0.2) is 35.5 Å². The molecule has 1 atom stereocenters. The molecule has 0 saturated carbocycles. The Bertz CT molecular complexity index is 473. The second-order valence-electron chi connectivity index (χ2n) is 7.16. The predicted molar refractivity (Wildman–Crippen MR) is 87.0 cm³/mol. The Labute approximate surface area is 131 Å². The van der Waals surface area contributed by atoms with E-state index in [-0.39, 0.29) is 11.5 Å². The van der Waals surface area contributed by atoms with Crippen LogP contribution in [0.2, 0.25) is 0 Å². The first kappa shape index (κ1) is 16.9. The highest BCUT2D eigenvalue weighted by atomic mass is 32.1. The fourth-order valence-corrected chi connectivity index (χ4v) is 3.65. The molecule has 1 aromatic heterocycles. The van der Waals surface area contributed by atoms with E-state index in [4.69, 9.17) is 9.72 Å². The van der Waals surface area contributed by atoms with Crippen LogP contribution in [0.1, 0.15) is 62.2 Å². The molecule has 120 valence electrons. The van der Waals surface area contributed by atoms with E-state index in [1.165, 1.54) is 9.88 Å². The summed E-state index contributed by atoms with van der Waals surface area (Å²) in [6.45, 7) is 12.7. The van der Waals surface area contributed by atoms with Gasteiger partial charge in [-0.15, -0.1) is 11.3 Å². The van der Waals surface area contributed by atoms with Crippen LogP contribution in [0, 0.1) is 6.92 Å². The molecular formula is C16H28N2O2S. The smallest absolute Gasteiger partial charge is 0.0985 e. The molecule has 1 aliphatic heterocycles. The Morgan fingerprint density at radius 3 is 2.52 bits per heavy atom. The molecule has 1 aliphatic rings. The summed E-state index contributed by atoms with van der Waals surface area (Å²) in [5.41, 5.74) is 0.563. The van der Waals surface area contributed by atoms with E-state index >= 15 is 0 Å². The standard InChI is InChI=1S/C16H28N2O2S/c1-11(17-10-16(19)6-8-20-9-7-16)13-12(2)18-14(21-13)15(3,4)5/h11,17,19H,6-10H2,1-5H3. The molecule has 5 heteroatoms. The fraction of sp³-hybridized carbons (Fsp3) is 0.812. The number of aliphatic hydroxyl groups is 1. The molecule has 2 rings (SSSR count). The third-order valence-electron chi connectivity index (χ3n) is 4.03. The molecule has 21 heavy (non-hydrogen) atoms. The number of rotatable bonds is 4. The summed E-state index contributed by atoms with van der Waals surface area (Å²) in [5, 5.41) is 15.2. The van der Waals surface area contributed by atoms with Crippen molar-refractivity contribution in [2.24, 2.45) is 0 Å². The first-order valence-corrected chi connectivity index (χ1v) is 8.54. The third kappa shape index (κ3) is 4.25. The first-order chi connectivity index (χ1) is 9.71. The molecule has 1 aromatic rings. The van der Waals surface area contributed by atoms with Gasteiger partial charge in [0.2, 0.25) is 0 Å². The van der Waals surface area contributed by atoms with E-state index in [0.29, 0.717) is 32.6 Å². The maximum atomic E-state index is 10.5. The van der Waals surface area contributed by atoms with Gasteiger partial charge in [-0.25, -0.2) is 4.98 Å². The number of thiazole rings is 1. The van der Waals surface area contributed by atoms with Crippen molar-refractivity contribution >= 4 is 11.3 Å². The van der Waals surface area contributed by atoms with Gasteiger partial charge in [-0.05, 0) is 13.8 Å². The molecule has 0 aromatic carbocycles. The number of nitrogens with one attached hydrogen (secondary N) is 1. The van der Waals surface area contributed by atoms with E-state index in [2.05, 4.69) is 39.9 Å². The Balaban J connectivity index is 2.00. The first-order valence-electron chi connectivity index (χ1n) is 7.73. The average molecular weight is 312 g/mol. The van der Waals surface area contributed by atoms with Crippen molar-refractivity contribution in [3.8, 4) is 0 Å². The van der Waals surface area contributed by atoms with Crippen LogP contribution in [0.5, 0.6) is 0 Å². The van der Waals surface area contributed by atoms with Crippen molar-refractivity contribution in [1.82, 2.24) is 10.3 Å². The van der Waals surface area contributed by atoms with Crippen LogP contribution in [0.3, 0.4) is 0 Å². The molecule has 1 unspecified atom stereocenters. The van der Waals surface area contributed by atoms with Gasteiger partial charge in [0.25, 0.3) is 0 Å². The second-order valence-corrected chi connectivity index (χ2v) is 8.19. The maximum absolute atomic E-state index is 10.5. The molecule has 0 aliphatic carbocycles. The zero-order valence-electron chi connectivity index (χ0n) is 13.8. The summed E-state index contributed by atoms with van der Waals surface area (Å²) in [7, 11) is 0. The van der Waals surface area contributed by atoms with E-state index in [1.807, 2.05) is 0 Å². The zero-order chi connectivity index (χ0) is 15.7. The summed E-state index contributed by atoms with van der Waals surface area (Å²) in [4.78, 5) is 5.98. The molecule has 2 heterocycles. The highest BCUT2D eigenvalue weighted by Gasteiger charge is 2.30. The predicted octanol–water partition coefficient (Wildman–Crippen LogP) is 2.94. The Morgan fingerprint density at radius 2 is 2.00 bits per heavy atom. The molecule has 2 N–H and O–H groups in total. The van der Waals surface area contributed by atoms with Crippen molar-refractivity contribution in [1.29, 1.82) is 0 Å². The van der Waals surface area contributed by atoms with Gasteiger partial charge in [0.05, 0.1) is 16.3 Å². The molecule has 1 fully saturated rings. The summed E-state index contributed by atoms with van der Waals surface area (Å²) >= 11 is 1.78. The molecule has 1 saturated heterocycles. The van der Waals surface area contributed by atoms with E-state index in [0.717, 1.165) is 5.69 Å². The van der Waals surface area contributed by atoms with Crippen LogP contribution in [0.25, 0.3) is 0 Å². The molecule has 0 amide bonds. The van der Waals surface area contributed by atoms with Crippen molar-refractivity contribution in [2.75, 3.05) is 19.8 Å². The highest BCUT2D eigenvalue weighted by molar-refractivity contribution is 7.12. The Morgan fingerprint density at radius 1 is 1.38 bits per heavy atom. The van der Waals surface area contributed by atoms with Crippen molar-refractivity contribution in [2.45, 2.75) is 64.5 Å². The number of aromatic nitrogens is 1. The number of hydrogen-bond donors (Lipinski definition) is 2. The highest BCUT2D eigenvalue weighted by Crippen LogP contribution is 2.32. The lowest BCUT2D eigenvalue weighted by atomic mass is 9.94. The van der Waals surface area contributed by atoms with Gasteiger partial charge in [-0.1, -0.05) is 20.8 Å². The summed E-state index contributed by atoms with van der Waals surface area (Å²) in [6, 6.07) is 0.213. The van der Waals surface area contributed by atoms with Gasteiger partial charge >= 0.3 is 0 Å². The van der Waals surface area contributed by atoms with Crippen LogP contribution < -0.4 is 5.32 Å². The van der Waals surface area contributed by atoms with Crippen molar-refractivity contribution in [3.63, 3.8) is 0 Å². The Kier molecular flexibility index (Phi) is 5.08. The molecule has 0 radical (unpaired) electrons. The van der Waals surface area contributed by atoms with Crippen molar-refractivity contribution < 1.29 is 9.84 Å². The second kappa shape index (κ2) is 6.32. The lowest BCUT2D eigenvalue weighted by Gasteiger charge is -2.33. The monoisotopic (exact) mass is 312 g/mol.